The Bertz CT molecular complexity index is 738. The smallest absolute Gasteiger partial charge is 0.394 e. The Balaban J connectivity index is 3.74. The lowest BCUT2D eigenvalue weighted by molar-refractivity contribution is -0.126. The van der Waals surface area contributed by atoms with Crippen molar-refractivity contribution in [2.45, 2.75) is 128 Å². The highest BCUT2D eigenvalue weighted by atomic mass is 31.2. The highest BCUT2D eigenvalue weighted by molar-refractivity contribution is 7.47. The molecule has 0 aromatic rings. The fourth-order valence-corrected chi connectivity index (χ4v) is 4.55. The zero-order valence-corrected chi connectivity index (χ0v) is 23.7. The van der Waals surface area contributed by atoms with E-state index in [9.17, 15) is 19.4 Å². The van der Waals surface area contributed by atoms with Crippen molar-refractivity contribution in [2.24, 2.45) is 5.73 Å². The average molecular weight is 544 g/mol. The van der Waals surface area contributed by atoms with Gasteiger partial charge in [0, 0.05) is 25.8 Å². The van der Waals surface area contributed by atoms with Crippen LogP contribution in [0, 0.1) is 23.7 Å². The van der Waals surface area contributed by atoms with Gasteiger partial charge in [-0.3, -0.25) is 13.8 Å². The number of phosphoric ester groups is 1. The van der Waals surface area contributed by atoms with Crippen molar-refractivity contribution in [3.05, 3.63) is 0 Å². The first-order valence-electron chi connectivity index (χ1n) is 14.0. The first-order valence-corrected chi connectivity index (χ1v) is 15.5. The molecule has 0 spiro atoms. The van der Waals surface area contributed by atoms with E-state index in [0.717, 1.165) is 44.9 Å². The van der Waals surface area contributed by atoms with E-state index >= 15 is 0 Å². The van der Waals surface area contributed by atoms with Gasteiger partial charge >= 0.3 is 7.82 Å². The van der Waals surface area contributed by atoms with Gasteiger partial charge in [-0.1, -0.05) is 89.4 Å². The van der Waals surface area contributed by atoms with Gasteiger partial charge in [-0.15, -0.1) is 0 Å². The number of hydrogen-bond acceptors (Lipinski definition) is 7. The number of rotatable bonds is 24. The molecule has 0 amide bonds. The van der Waals surface area contributed by atoms with Gasteiger partial charge in [-0.25, -0.2) is 4.57 Å². The van der Waals surface area contributed by atoms with Crippen molar-refractivity contribution in [3.8, 4) is 23.7 Å². The van der Waals surface area contributed by atoms with Crippen LogP contribution in [-0.4, -0.2) is 52.9 Å². The van der Waals surface area contributed by atoms with E-state index in [0.29, 0.717) is 6.42 Å². The number of ketones is 1. The molecule has 9 heteroatoms. The summed E-state index contributed by atoms with van der Waals surface area (Å²) in [6.07, 6.45) is 15.6. The van der Waals surface area contributed by atoms with Crippen molar-refractivity contribution in [2.75, 3.05) is 19.8 Å². The van der Waals surface area contributed by atoms with Crippen LogP contribution in [0.1, 0.15) is 116 Å². The molecule has 0 heterocycles. The SMILES string of the molecule is CCCCCCCCCCC#CC#CCCCCCCCCC(=O)C(CN)OP(=O)(O)OC[C@H](O)CO. The third-order valence-electron chi connectivity index (χ3n) is 5.84. The molecule has 0 rings (SSSR count). The summed E-state index contributed by atoms with van der Waals surface area (Å²) in [4.78, 5) is 21.9. The van der Waals surface area contributed by atoms with Gasteiger partial charge in [0.15, 0.2) is 5.78 Å². The van der Waals surface area contributed by atoms with Crippen molar-refractivity contribution < 1.29 is 33.5 Å². The van der Waals surface area contributed by atoms with Gasteiger partial charge < -0.3 is 20.8 Å². The summed E-state index contributed by atoms with van der Waals surface area (Å²) in [5.74, 6) is 11.8. The van der Waals surface area contributed by atoms with Crippen LogP contribution in [0.25, 0.3) is 0 Å². The van der Waals surface area contributed by atoms with Crippen LogP contribution in [-0.2, 0) is 18.4 Å². The molecule has 0 aromatic heterocycles. The predicted octanol–water partition coefficient (Wildman–Crippen LogP) is 5.03. The Morgan fingerprint density at radius 1 is 0.865 bits per heavy atom. The molecule has 0 aliphatic heterocycles. The minimum Gasteiger partial charge on any atom is -0.394 e. The zero-order valence-electron chi connectivity index (χ0n) is 22.8. The summed E-state index contributed by atoms with van der Waals surface area (Å²) in [6, 6.07) is 0. The Kier molecular flexibility index (Phi) is 24.3. The average Bonchev–Trinajstić information content (AvgIpc) is 2.89. The van der Waals surface area contributed by atoms with Gasteiger partial charge in [-0.05, 0) is 31.1 Å². The van der Waals surface area contributed by atoms with Crippen LogP contribution >= 0.6 is 7.82 Å². The van der Waals surface area contributed by atoms with E-state index in [1.54, 1.807) is 0 Å². The molecule has 37 heavy (non-hydrogen) atoms. The summed E-state index contributed by atoms with van der Waals surface area (Å²) in [7, 11) is -4.56. The first-order chi connectivity index (χ1) is 17.9. The number of hydrogen-bond donors (Lipinski definition) is 4. The van der Waals surface area contributed by atoms with E-state index in [-0.39, 0.29) is 18.7 Å². The molecule has 0 aliphatic rings. The van der Waals surface area contributed by atoms with Gasteiger partial charge in [0.25, 0.3) is 0 Å². The van der Waals surface area contributed by atoms with E-state index < -0.39 is 33.2 Å². The summed E-state index contributed by atoms with van der Waals surface area (Å²) in [6.45, 7) is 0.780. The van der Waals surface area contributed by atoms with Crippen LogP contribution in [0.3, 0.4) is 0 Å². The molecule has 2 unspecified atom stereocenters. The molecule has 5 N–H and O–H groups in total. The molecule has 0 radical (unpaired) electrons. The topological polar surface area (TPSA) is 139 Å². The van der Waals surface area contributed by atoms with Gasteiger partial charge in [0.05, 0.1) is 13.2 Å². The van der Waals surface area contributed by atoms with E-state index in [1.165, 1.54) is 51.4 Å². The van der Waals surface area contributed by atoms with Crippen molar-refractivity contribution in [3.63, 3.8) is 0 Å². The number of aliphatic hydroxyl groups is 2. The Labute approximate surface area is 224 Å². The van der Waals surface area contributed by atoms with Crippen LogP contribution in [0.15, 0.2) is 0 Å². The number of carbonyl (C=O) groups is 1. The van der Waals surface area contributed by atoms with Crippen LogP contribution in [0.2, 0.25) is 0 Å². The lowest BCUT2D eigenvalue weighted by atomic mass is 10.0. The van der Waals surface area contributed by atoms with E-state index in [4.69, 9.17) is 15.4 Å². The molecule has 0 fully saturated rings. The zero-order chi connectivity index (χ0) is 27.6. The summed E-state index contributed by atoms with van der Waals surface area (Å²) < 4.78 is 21.3. The molecule has 0 aliphatic carbocycles. The second-order valence-electron chi connectivity index (χ2n) is 9.35. The van der Waals surface area contributed by atoms with Crippen LogP contribution in [0.5, 0.6) is 0 Å². The first kappa shape index (κ1) is 35.8. The molecule has 0 aromatic carbocycles. The van der Waals surface area contributed by atoms with Crippen molar-refractivity contribution in [1.82, 2.24) is 0 Å². The fraction of sp³-hybridized carbons (Fsp3) is 0.821. The third kappa shape index (κ3) is 23.6. The highest BCUT2D eigenvalue weighted by Crippen LogP contribution is 2.44. The lowest BCUT2D eigenvalue weighted by Crippen LogP contribution is -2.32. The normalized spacial score (nSPS) is 14.1. The monoisotopic (exact) mass is 543 g/mol. The Hall–Kier alpha value is -1.22. The fourth-order valence-electron chi connectivity index (χ4n) is 3.60. The second kappa shape index (κ2) is 25.1. The molecule has 0 bridgehead atoms. The molecule has 3 atom stereocenters. The standard InChI is InChI=1S/C28H50NO7P/c1-2-3-4-5-6-7-8-9-10-11-12-13-14-15-16-17-18-19-20-21-22-27(32)28(23-29)36-37(33,34)35-25-26(31)24-30/h26,28,30-31H,2-10,15-25,29H2,1H3,(H,33,34)/t26-,28?/m1/s1. The predicted molar refractivity (Wildman–Crippen MR) is 148 cm³/mol. The minimum atomic E-state index is -4.56. The summed E-state index contributed by atoms with van der Waals surface area (Å²) in [5, 5.41) is 17.9. The van der Waals surface area contributed by atoms with Crippen molar-refractivity contribution >= 4 is 13.6 Å². The van der Waals surface area contributed by atoms with E-state index in [2.05, 4.69) is 35.1 Å². The number of Topliss-reactive ketones (excluding diaryl/α,β-unsaturated/α-hetero) is 1. The van der Waals surface area contributed by atoms with Gasteiger partial charge in [0.1, 0.15) is 12.2 Å². The third-order valence-corrected chi connectivity index (χ3v) is 6.84. The molecule has 0 saturated carbocycles. The Morgan fingerprint density at radius 3 is 1.84 bits per heavy atom. The number of aliphatic hydroxyl groups excluding tert-OH is 2. The molecular weight excluding hydrogens is 493 g/mol. The number of nitrogens with two attached hydrogens (primary N) is 1. The lowest BCUT2D eigenvalue weighted by Gasteiger charge is -2.19. The molecule has 214 valence electrons. The quantitative estimate of drug-likeness (QED) is 0.0755. The summed E-state index contributed by atoms with van der Waals surface area (Å²) >= 11 is 0. The maximum Gasteiger partial charge on any atom is 0.473 e. The largest absolute Gasteiger partial charge is 0.473 e. The summed E-state index contributed by atoms with van der Waals surface area (Å²) in [5.41, 5.74) is 5.50. The highest BCUT2D eigenvalue weighted by Gasteiger charge is 2.30. The van der Waals surface area contributed by atoms with Crippen LogP contribution < -0.4 is 5.73 Å². The minimum absolute atomic E-state index is 0.199. The number of carbonyl (C=O) groups excluding carboxylic acids is 1. The molecule has 8 nitrogen and oxygen atoms in total. The second-order valence-corrected chi connectivity index (χ2v) is 10.8. The van der Waals surface area contributed by atoms with E-state index in [1.807, 2.05) is 0 Å². The maximum absolute atomic E-state index is 12.2. The van der Waals surface area contributed by atoms with Gasteiger partial charge in [-0.2, -0.15) is 0 Å². The van der Waals surface area contributed by atoms with Crippen LogP contribution in [0.4, 0.5) is 0 Å². The number of phosphoric acid groups is 1. The van der Waals surface area contributed by atoms with Gasteiger partial charge in [0.2, 0.25) is 0 Å². The number of unbranched alkanes of at least 4 members (excludes halogenated alkanes) is 14. The molecular formula is C28H50NO7P. The maximum atomic E-state index is 12.2. The van der Waals surface area contributed by atoms with Crippen molar-refractivity contribution in [1.29, 1.82) is 0 Å². The molecule has 0 saturated heterocycles. The Morgan fingerprint density at radius 2 is 1.35 bits per heavy atom.